The van der Waals surface area contributed by atoms with Gasteiger partial charge < -0.3 is 9.80 Å². The Morgan fingerprint density at radius 2 is 1.79 bits per heavy atom. The lowest BCUT2D eigenvalue weighted by atomic mass is 10.1. The summed E-state index contributed by atoms with van der Waals surface area (Å²) < 4.78 is 0. The number of carbonyl (C=O) groups is 1. The predicted molar refractivity (Wildman–Crippen MR) is 56.0 cm³/mol. The Labute approximate surface area is 86.1 Å². The molecule has 0 spiro atoms. The van der Waals surface area contributed by atoms with Crippen LogP contribution in [0.25, 0.3) is 0 Å². The summed E-state index contributed by atoms with van der Waals surface area (Å²) in [4.78, 5) is 16.4. The Balaban J connectivity index is 1.86. The summed E-state index contributed by atoms with van der Waals surface area (Å²) in [6.07, 6.45) is 2.19. The molecule has 2 fully saturated rings. The molecule has 0 N–H and O–H groups in total. The van der Waals surface area contributed by atoms with Gasteiger partial charge in [-0.2, -0.15) is 0 Å². The Kier molecular flexibility index (Phi) is 2.52. The van der Waals surface area contributed by atoms with E-state index >= 15 is 0 Å². The number of hydrogen-bond donors (Lipinski definition) is 0. The van der Waals surface area contributed by atoms with Gasteiger partial charge in [0, 0.05) is 31.6 Å². The van der Waals surface area contributed by atoms with E-state index in [1.807, 2.05) is 0 Å². The summed E-state index contributed by atoms with van der Waals surface area (Å²) in [6, 6.07) is 0. The number of amides is 1. The number of piperazine rings is 1. The van der Waals surface area contributed by atoms with E-state index in [4.69, 9.17) is 0 Å². The molecule has 1 aliphatic carbocycles. The van der Waals surface area contributed by atoms with Crippen LogP contribution < -0.4 is 0 Å². The highest BCUT2D eigenvalue weighted by atomic mass is 16.2. The SMILES string of the molecule is CCN1CCN(C(=O)C2(C)CC2)CC1. The third kappa shape index (κ3) is 1.78. The monoisotopic (exact) mass is 196 g/mol. The average molecular weight is 196 g/mol. The van der Waals surface area contributed by atoms with Crippen molar-refractivity contribution in [3.05, 3.63) is 0 Å². The van der Waals surface area contributed by atoms with Crippen LogP contribution in [0.15, 0.2) is 0 Å². The van der Waals surface area contributed by atoms with Crippen molar-refractivity contribution in [3.63, 3.8) is 0 Å². The highest BCUT2D eigenvalue weighted by Gasteiger charge is 2.47. The van der Waals surface area contributed by atoms with E-state index in [1.54, 1.807) is 0 Å². The zero-order valence-electron chi connectivity index (χ0n) is 9.25. The molecule has 1 aliphatic heterocycles. The number of carbonyl (C=O) groups excluding carboxylic acids is 1. The second-order valence-electron chi connectivity index (χ2n) is 4.79. The van der Waals surface area contributed by atoms with E-state index in [-0.39, 0.29) is 5.41 Å². The van der Waals surface area contributed by atoms with Crippen molar-refractivity contribution in [2.24, 2.45) is 5.41 Å². The van der Waals surface area contributed by atoms with Crippen LogP contribution in [0.1, 0.15) is 26.7 Å². The highest BCUT2D eigenvalue weighted by molar-refractivity contribution is 5.85. The van der Waals surface area contributed by atoms with Crippen LogP contribution >= 0.6 is 0 Å². The van der Waals surface area contributed by atoms with Gasteiger partial charge in [0.25, 0.3) is 0 Å². The Morgan fingerprint density at radius 3 is 2.21 bits per heavy atom. The van der Waals surface area contributed by atoms with E-state index in [0.29, 0.717) is 5.91 Å². The summed E-state index contributed by atoms with van der Waals surface area (Å²) in [5.41, 5.74) is 0.0222. The summed E-state index contributed by atoms with van der Waals surface area (Å²) in [6.45, 7) is 9.36. The van der Waals surface area contributed by atoms with Gasteiger partial charge in [0.1, 0.15) is 0 Å². The van der Waals surface area contributed by atoms with Crippen molar-refractivity contribution < 1.29 is 4.79 Å². The van der Waals surface area contributed by atoms with Crippen LogP contribution in [0.5, 0.6) is 0 Å². The van der Waals surface area contributed by atoms with Gasteiger partial charge in [-0.1, -0.05) is 13.8 Å². The summed E-state index contributed by atoms with van der Waals surface area (Å²) in [5, 5.41) is 0. The normalized spacial score (nSPS) is 26.3. The maximum atomic E-state index is 12.0. The van der Waals surface area contributed by atoms with Crippen LogP contribution in [0.3, 0.4) is 0 Å². The van der Waals surface area contributed by atoms with Gasteiger partial charge in [0.2, 0.25) is 5.91 Å². The van der Waals surface area contributed by atoms with Gasteiger partial charge in [-0.15, -0.1) is 0 Å². The third-order valence-electron chi connectivity index (χ3n) is 3.62. The zero-order chi connectivity index (χ0) is 10.2. The molecule has 2 rings (SSSR count). The number of likely N-dealkylation sites (N-methyl/N-ethyl adjacent to an activating group) is 1. The van der Waals surface area contributed by atoms with Gasteiger partial charge in [-0.05, 0) is 19.4 Å². The number of hydrogen-bond acceptors (Lipinski definition) is 2. The Hall–Kier alpha value is -0.570. The molecule has 1 heterocycles. The molecule has 2 aliphatic rings. The van der Waals surface area contributed by atoms with Crippen molar-refractivity contribution in [2.75, 3.05) is 32.7 Å². The quantitative estimate of drug-likeness (QED) is 0.656. The standard InChI is InChI=1S/C11H20N2O/c1-3-12-6-8-13(9-7-12)10(14)11(2)4-5-11/h3-9H2,1-2H3. The fraction of sp³-hybridized carbons (Fsp3) is 0.909. The zero-order valence-corrected chi connectivity index (χ0v) is 9.25. The second-order valence-corrected chi connectivity index (χ2v) is 4.79. The molecular weight excluding hydrogens is 176 g/mol. The Morgan fingerprint density at radius 1 is 1.21 bits per heavy atom. The molecular formula is C11H20N2O. The number of nitrogens with zero attached hydrogens (tertiary/aromatic N) is 2. The molecule has 1 saturated heterocycles. The topological polar surface area (TPSA) is 23.6 Å². The molecule has 0 unspecified atom stereocenters. The summed E-state index contributed by atoms with van der Waals surface area (Å²) in [7, 11) is 0. The largest absolute Gasteiger partial charge is 0.340 e. The van der Waals surface area contributed by atoms with Gasteiger partial charge in [-0.25, -0.2) is 0 Å². The molecule has 1 amide bonds. The lowest BCUT2D eigenvalue weighted by Crippen LogP contribution is -2.50. The third-order valence-corrected chi connectivity index (χ3v) is 3.62. The van der Waals surface area contributed by atoms with E-state index in [2.05, 4.69) is 23.6 Å². The van der Waals surface area contributed by atoms with Crippen molar-refractivity contribution in [1.82, 2.24) is 9.80 Å². The smallest absolute Gasteiger partial charge is 0.228 e. The summed E-state index contributed by atoms with van der Waals surface area (Å²) >= 11 is 0. The van der Waals surface area contributed by atoms with Crippen LogP contribution in [0.2, 0.25) is 0 Å². The first-order valence-electron chi connectivity index (χ1n) is 5.67. The molecule has 3 heteroatoms. The Bertz CT molecular complexity index is 227. The molecule has 0 bridgehead atoms. The minimum Gasteiger partial charge on any atom is -0.340 e. The molecule has 80 valence electrons. The van der Waals surface area contributed by atoms with Crippen molar-refractivity contribution in [3.8, 4) is 0 Å². The second kappa shape index (κ2) is 3.54. The molecule has 14 heavy (non-hydrogen) atoms. The van der Waals surface area contributed by atoms with Crippen LogP contribution in [0.4, 0.5) is 0 Å². The lowest BCUT2D eigenvalue weighted by Gasteiger charge is -2.35. The van der Waals surface area contributed by atoms with E-state index in [0.717, 1.165) is 45.6 Å². The first-order valence-corrected chi connectivity index (χ1v) is 5.67. The maximum absolute atomic E-state index is 12.0. The molecule has 1 saturated carbocycles. The van der Waals surface area contributed by atoms with Crippen molar-refractivity contribution in [1.29, 1.82) is 0 Å². The van der Waals surface area contributed by atoms with Crippen LogP contribution in [-0.4, -0.2) is 48.4 Å². The predicted octanol–water partition coefficient (Wildman–Crippen LogP) is 0.951. The van der Waals surface area contributed by atoms with E-state index < -0.39 is 0 Å². The van der Waals surface area contributed by atoms with Crippen LogP contribution in [0, 0.1) is 5.41 Å². The first kappa shape index (κ1) is 9.97. The fourth-order valence-corrected chi connectivity index (χ4v) is 2.05. The van der Waals surface area contributed by atoms with Gasteiger partial charge in [-0.3, -0.25) is 4.79 Å². The fourth-order valence-electron chi connectivity index (χ4n) is 2.05. The summed E-state index contributed by atoms with van der Waals surface area (Å²) in [5.74, 6) is 0.397. The average Bonchev–Trinajstić information content (AvgIpc) is 2.97. The minimum atomic E-state index is 0.0222. The van der Waals surface area contributed by atoms with Gasteiger partial charge >= 0.3 is 0 Å². The van der Waals surface area contributed by atoms with E-state index in [1.165, 1.54) is 0 Å². The molecule has 0 aromatic carbocycles. The van der Waals surface area contributed by atoms with E-state index in [9.17, 15) is 4.79 Å². The molecule has 0 atom stereocenters. The van der Waals surface area contributed by atoms with Gasteiger partial charge in [0.15, 0.2) is 0 Å². The molecule has 3 nitrogen and oxygen atoms in total. The maximum Gasteiger partial charge on any atom is 0.228 e. The first-order chi connectivity index (χ1) is 6.65. The van der Waals surface area contributed by atoms with Crippen molar-refractivity contribution >= 4 is 5.91 Å². The number of rotatable bonds is 2. The molecule has 0 aromatic heterocycles. The molecule has 0 radical (unpaired) electrons. The lowest BCUT2D eigenvalue weighted by molar-refractivity contribution is -0.138. The van der Waals surface area contributed by atoms with Crippen LogP contribution in [-0.2, 0) is 4.79 Å². The minimum absolute atomic E-state index is 0.0222. The van der Waals surface area contributed by atoms with Crippen molar-refractivity contribution in [2.45, 2.75) is 26.7 Å². The highest BCUT2D eigenvalue weighted by Crippen LogP contribution is 2.46. The molecule has 0 aromatic rings. The van der Waals surface area contributed by atoms with Gasteiger partial charge in [0.05, 0.1) is 0 Å².